The van der Waals surface area contributed by atoms with Crippen LogP contribution in [0.15, 0.2) is 29.3 Å². The number of fused-ring (bicyclic) bond motifs is 1. The monoisotopic (exact) mass is 328 g/mol. The van der Waals surface area contributed by atoms with Crippen LogP contribution in [0.25, 0.3) is 0 Å². The standard InChI is InChI=1S/C19H28N4O/c20-19(21-13-15-5-3-4-11-23(15)14-8-9-14)22-17-10-12-24-18-7-2-1-6-16(17)18/h1-2,6-7,14-15,17H,3-5,8-13H2,(H3,20,21,22). The molecule has 130 valence electrons. The van der Waals surface area contributed by atoms with Gasteiger partial charge < -0.3 is 15.8 Å². The van der Waals surface area contributed by atoms with Gasteiger partial charge in [0.05, 0.1) is 19.2 Å². The molecule has 5 heteroatoms. The predicted molar refractivity (Wildman–Crippen MR) is 96.3 cm³/mol. The van der Waals surface area contributed by atoms with Crippen molar-refractivity contribution in [2.75, 3.05) is 19.7 Å². The van der Waals surface area contributed by atoms with Crippen LogP contribution in [0.4, 0.5) is 0 Å². The van der Waals surface area contributed by atoms with Gasteiger partial charge in [-0.15, -0.1) is 0 Å². The first-order valence-electron chi connectivity index (χ1n) is 9.35. The second-order valence-corrected chi connectivity index (χ2v) is 7.22. The van der Waals surface area contributed by atoms with Crippen LogP contribution < -0.4 is 15.8 Å². The Kier molecular flexibility index (Phi) is 4.60. The second-order valence-electron chi connectivity index (χ2n) is 7.22. The number of nitrogens with one attached hydrogen (secondary N) is 1. The topological polar surface area (TPSA) is 62.9 Å². The van der Waals surface area contributed by atoms with Gasteiger partial charge in [-0.25, -0.2) is 0 Å². The molecule has 2 heterocycles. The summed E-state index contributed by atoms with van der Waals surface area (Å²) in [5.74, 6) is 1.53. The van der Waals surface area contributed by atoms with Crippen molar-refractivity contribution in [2.24, 2.45) is 10.7 Å². The molecule has 1 aromatic carbocycles. The van der Waals surface area contributed by atoms with Crippen LogP contribution in [0.5, 0.6) is 5.75 Å². The Labute approximate surface area is 144 Å². The molecule has 3 N–H and O–H groups in total. The number of likely N-dealkylation sites (tertiary alicyclic amines) is 1. The molecule has 1 aliphatic carbocycles. The van der Waals surface area contributed by atoms with Crippen LogP contribution in [-0.4, -0.2) is 42.6 Å². The number of hydrogen-bond acceptors (Lipinski definition) is 3. The number of ether oxygens (including phenoxy) is 1. The number of guanidine groups is 1. The Morgan fingerprint density at radius 3 is 2.96 bits per heavy atom. The number of rotatable bonds is 4. The van der Waals surface area contributed by atoms with Crippen molar-refractivity contribution in [2.45, 2.75) is 56.7 Å². The quantitative estimate of drug-likeness (QED) is 0.658. The van der Waals surface area contributed by atoms with E-state index in [1.807, 2.05) is 18.2 Å². The van der Waals surface area contributed by atoms with Crippen molar-refractivity contribution < 1.29 is 4.74 Å². The lowest BCUT2D eigenvalue weighted by molar-refractivity contribution is 0.144. The molecule has 5 nitrogen and oxygen atoms in total. The van der Waals surface area contributed by atoms with E-state index in [9.17, 15) is 0 Å². The predicted octanol–water partition coefficient (Wildman–Crippen LogP) is 2.43. The Balaban J connectivity index is 1.37. The van der Waals surface area contributed by atoms with Gasteiger partial charge >= 0.3 is 0 Å². The van der Waals surface area contributed by atoms with E-state index in [0.717, 1.165) is 31.4 Å². The number of hydrogen-bond donors (Lipinski definition) is 2. The molecule has 0 spiro atoms. The van der Waals surface area contributed by atoms with E-state index in [2.05, 4.69) is 21.3 Å². The lowest BCUT2D eigenvalue weighted by Crippen LogP contribution is -2.44. The summed E-state index contributed by atoms with van der Waals surface area (Å²) >= 11 is 0. The zero-order chi connectivity index (χ0) is 16.4. The molecule has 1 aromatic rings. The van der Waals surface area contributed by atoms with Crippen molar-refractivity contribution in [3.05, 3.63) is 29.8 Å². The molecule has 2 atom stereocenters. The van der Waals surface area contributed by atoms with Crippen LogP contribution >= 0.6 is 0 Å². The van der Waals surface area contributed by atoms with E-state index in [-0.39, 0.29) is 6.04 Å². The summed E-state index contributed by atoms with van der Waals surface area (Å²) in [7, 11) is 0. The first-order valence-corrected chi connectivity index (χ1v) is 9.35. The summed E-state index contributed by atoms with van der Waals surface area (Å²) in [6.07, 6.45) is 7.57. The highest BCUT2D eigenvalue weighted by molar-refractivity contribution is 5.78. The third kappa shape index (κ3) is 3.51. The zero-order valence-electron chi connectivity index (χ0n) is 14.3. The van der Waals surface area contributed by atoms with Crippen LogP contribution in [0.2, 0.25) is 0 Å². The molecule has 1 saturated carbocycles. The average molecular weight is 328 g/mol. The Morgan fingerprint density at radius 2 is 2.08 bits per heavy atom. The fourth-order valence-corrected chi connectivity index (χ4v) is 4.03. The maximum absolute atomic E-state index is 6.20. The molecule has 4 rings (SSSR count). The van der Waals surface area contributed by atoms with Crippen LogP contribution in [0.3, 0.4) is 0 Å². The zero-order valence-corrected chi connectivity index (χ0v) is 14.3. The summed E-state index contributed by atoms with van der Waals surface area (Å²) in [5, 5.41) is 3.40. The minimum absolute atomic E-state index is 0.199. The molecule has 0 amide bonds. The van der Waals surface area contributed by atoms with E-state index in [0.29, 0.717) is 12.0 Å². The minimum atomic E-state index is 0.199. The molecule has 1 saturated heterocycles. The van der Waals surface area contributed by atoms with E-state index in [4.69, 9.17) is 10.5 Å². The molecule has 0 aromatic heterocycles. The molecule has 0 bridgehead atoms. The van der Waals surface area contributed by atoms with Gasteiger partial charge in [-0.05, 0) is 38.3 Å². The molecule has 0 radical (unpaired) electrons. The number of para-hydroxylation sites is 1. The van der Waals surface area contributed by atoms with Crippen molar-refractivity contribution in [1.82, 2.24) is 10.2 Å². The number of aliphatic imine (C=N–C) groups is 1. The summed E-state index contributed by atoms with van der Waals surface area (Å²) in [4.78, 5) is 7.35. The number of nitrogens with two attached hydrogens (primary N) is 1. The molecule has 2 aliphatic heterocycles. The van der Waals surface area contributed by atoms with Gasteiger partial charge in [0.15, 0.2) is 5.96 Å². The highest BCUT2D eigenvalue weighted by Crippen LogP contribution is 2.33. The minimum Gasteiger partial charge on any atom is -0.493 e. The molecule has 2 unspecified atom stereocenters. The summed E-state index contributed by atoms with van der Waals surface area (Å²) in [5.41, 5.74) is 7.38. The van der Waals surface area contributed by atoms with E-state index in [1.54, 1.807) is 0 Å². The van der Waals surface area contributed by atoms with E-state index in [1.165, 1.54) is 44.2 Å². The molecule has 24 heavy (non-hydrogen) atoms. The fraction of sp³-hybridized carbons (Fsp3) is 0.632. The number of piperidine rings is 1. The SMILES string of the molecule is NC(=NCC1CCCCN1C1CC1)NC1CCOc2ccccc21. The molecular weight excluding hydrogens is 300 g/mol. The van der Waals surface area contributed by atoms with Crippen molar-refractivity contribution in [1.29, 1.82) is 0 Å². The fourth-order valence-electron chi connectivity index (χ4n) is 4.03. The lowest BCUT2D eigenvalue weighted by Gasteiger charge is -2.35. The van der Waals surface area contributed by atoms with Crippen molar-refractivity contribution >= 4 is 5.96 Å². The van der Waals surface area contributed by atoms with E-state index < -0.39 is 0 Å². The molecule has 2 fully saturated rings. The Bertz CT molecular complexity index is 599. The van der Waals surface area contributed by atoms with E-state index >= 15 is 0 Å². The largest absolute Gasteiger partial charge is 0.493 e. The normalized spacial score (nSPS) is 28.1. The van der Waals surface area contributed by atoms with Gasteiger partial charge in [0.2, 0.25) is 0 Å². The highest BCUT2D eigenvalue weighted by atomic mass is 16.5. The van der Waals surface area contributed by atoms with Gasteiger partial charge in [0.1, 0.15) is 5.75 Å². The third-order valence-electron chi connectivity index (χ3n) is 5.44. The highest BCUT2D eigenvalue weighted by Gasteiger charge is 2.35. The summed E-state index contributed by atoms with van der Waals surface area (Å²) < 4.78 is 5.71. The summed E-state index contributed by atoms with van der Waals surface area (Å²) in [6, 6.07) is 9.78. The van der Waals surface area contributed by atoms with Crippen molar-refractivity contribution in [3.8, 4) is 5.75 Å². The second kappa shape index (κ2) is 7.01. The average Bonchev–Trinajstić information content (AvgIpc) is 3.46. The van der Waals surface area contributed by atoms with Crippen LogP contribution in [0.1, 0.15) is 50.1 Å². The maximum atomic E-state index is 6.20. The van der Waals surface area contributed by atoms with Gasteiger partial charge in [0.25, 0.3) is 0 Å². The smallest absolute Gasteiger partial charge is 0.189 e. The summed E-state index contributed by atoms with van der Waals surface area (Å²) in [6.45, 7) is 2.78. The first kappa shape index (κ1) is 15.8. The third-order valence-corrected chi connectivity index (χ3v) is 5.44. The van der Waals surface area contributed by atoms with Crippen molar-refractivity contribution in [3.63, 3.8) is 0 Å². The van der Waals surface area contributed by atoms with Crippen LogP contribution in [0, 0.1) is 0 Å². The van der Waals surface area contributed by atoms with Gasteiger partial charge in [-0.1, -0.05) is 24.6 Å². The number of benzene rings is 1. The van der Waals surface area contributed by atoms with Gasteiger partial charge in [-0.2, -0.15) is 0 Å². The number of nitrogens with zero attached hydrogens (tertiary/aromatic N) is 2. The van der Waals surface area contributed by atoms with Gasteiger partial charge in [-0.3, -0.25) is 9.89 Å². The van der Waals surface area contributed by atoms with Crippen LogP contribution in [-0.2, 0) is 0 Å². The van der Waals surface area contributed by atoms with Gasteiger partial charge in [0, 0.05) is 24.1 Å². The first-order chi connectivity index (χ1) is 11.8. The molecular formula is C19H28N4O. The lowest BCUT2D eigenvalue weighted by atomic mass is 10.0. The molecule has 3 aliphatic rings. The Morgan fingerprint density at radius 1 is 1.21 bits per heavy atom. The Hall–Kier alpha value is -1.75. The maximum Gasteiger partial charge on any atom is 0.189 e.